The number of carbonyl (C=O) groups is 1. The van der Waals surface area contributed by atoms with Crippen LogP contribution < -0.4 is 10.2 Å². The molecule has 27 heavy (non-hydrogen) atoms. The van der Waals surface area contributed by atoms with E-state index in [0.29, 0.717) is 6.54 Å². The molecule has 0 spiro atoms. The van der Waals surface area contributed by atoms with Crippen LogP contribution in [0.15, 0.2) is 60.7 Å². The molecule has 0 bridgehead atoms. The lowest BCUT2D eigenvalue weighted by molar-refractivity contribution is -0.118. The maximum absolute atomic E-state index is 12.9. The van der Waals surface area contributed by atoms with E-state index in [0.717, 1.165) is 25.1 Å². The van der Waals surface area contributed by atoms with Gasteiger partial charge in [0.1, 0.15) is 0 Å². The first kappa shape index (κ1) is 17.7. The van der Waals surface area contributed by atoms with Crippen LogP contribution in [0.25, 0.3) is 10.8 Å². The Hall–Kier alpha value is -2.65. The molecule has 0 unspecified atom stereocenters. The summed E-state index contributed by atoms with van der Waals surface area (Å²) in [5.41, 5.74) is 4.86. The van der Waals surface area contributed by atoms with Gasteiger partial charge in [0.2, 0.25) is 5.91 Å². The second kappa shape index (κ2) is 7.53. The van der Waals surface area contributed by atoms with Crippen LogP contribution in [0.3, 0.4) is 0 Å². The summed E-state index contributed by atoms with van der Waals surface area (Å²) in [6.07, 6.45) is 2.09. The van der Waals surface area contributed by atoms with Gasteiger partial charge in [-0.05, 0) is 54.7 Å². The highest BCUT2D eigenvalue weighted by molar-refractivity contribution is 5.96. The van der Waals surface area contributed by atoms with Gasteiger partial charge in [0.15, 0.2) is 0 Å². The van der Waals surface area contributed by atoms with Crippen molar-refractivity contribution in [3.8, 4) is 0 Å². The summed E-state index contributed by atoms with van der Waals surface area (Å²) in [6.45, 7) is 5.38. The lowest BCUT2D eigenvalue weighted by Gasteiger charge is -2.30. The maximum atomic E-state index is 12.9. The molecule has 0 aliphatic carbocycles. The number of anilines is 1. The first-order chi connectivity index (χ1) is 13.1. The van der Waals surface area contributed by atoms with Crippen molar-refractivity contribution in [3.63, 3.8) is 0 Å². The van der Waals surface area contributed by atoms with E-state index >= 15 is 0 Å². The van der Waals surface area contributed by atoms with Crippen molar-refractivity contribution in [2.24, 2.45) is 0 Å². The molecule has 3 aromatic rings. The minimum atomic E-state index is 0.113. The molecule has 1 N–H and O–H groups in total. The van der Waals surface area contributed by atoms with Crippen LogP contribution in [-0.4, -0.2) is 19.0 Å². The fourth-order valence-corrected chi connectivity index (χ4v) is 4.06. The van der Waals surface area contributed by atoms with Crippen LogP contribution in [0.5, 0.6) is 0 Å². The number of benzene rings is 3. The van der Waals surface area contributed by atoms with Gasteiger partial charge in [0, 0.05) is 18.3 Å². The Morgan fingerprint density at radius 3 is 2.81 bits per heavy atom. The Labute approximate surface area is 161 Å². The third kappa shape index (κ3) is 3.60. The van der Waals surface area contributed by atoms with E-state index in [1.165, 1.54) is 27.5 Å². The lowest BCUT2D eigenvalue weighted by atomic mass is 9.99. The molecule has 1 aliphatic heterocycles. The average molecular weight is 358 g/mol. The Morgan fingerprint density at radius 2 is 1.93 bits per heavy atom. The van der Waals surface area contributed by atoms with Crippen LogP contribution >= 0.6 is 0 Å². The minimum Gasteiger partial charge on any atom is -0.311 e. The highest BCUT2D eigenvalue weighted by Gasteiger charge is 2.22. The zero-order valence-corrected chi connectivity index (χ0v) is 16.0. The van der Waals surface area contributed by atoms with E-state index in [9.17, 15) is 4.79 Å². The van der Waals surface area contributed by atoms with Crippen molar-refractivity contribution in [1.82, 2.24) is 5.32 Å². The van der Waals surface area contributed by atoms with Gasteiger partial charge in [-0.25, -0.2) is 0 Å². The fourth-order valence-electron chi connectivity index (χ4n) is 4.06. The van der Waals surface area contributed by atoms with Gasteiger partial charge in [0.25, 0.3) is 0 Å². The molecule has 1 aliphatic rings. The maximum Gasteiger partial charge on any atom is 0.240 e. The highest BCUT2D eigenvalue weighted by atomic mass is 16.2. The number of hydrogen-bond acceptors (Lipinski definition) is 2. The number of nitrogens with one attached hydrogen (secondary N) is 1. The van der Waals surface area contributed by atoms with Crippen LogP contribution in [0.4, 0.5) is 5.69 Å². The van der Waals surface area contributed by atoms with Crippen molar-refractivity contribution in [2.75, 3.05) is 18.0 Å². The van der Waals surface area contributed by atoms with Crippen molar-refractivity contribution >= 4 is 22.4 Å². The molecule has 1 heterocycles. The summed E-state index contributed by atoms with van der Waals surface area (Å²) < 4.78 is 0. The molecule has 0 aromatic heterocycles. The molecule has 3 heteroatoms. The Bertz CT molecular complexity index is 974. The molecule has 4 rings (SSSR count). The summed E-state index contributed by atoms with van der Waals surface area (Å²) in [5.74, 6) is 0.145. The summed E-state index contributed by atoms with van der Waals surface area (Å²) >= 11 is 0. The van der Waals surface area contributed by atoms with Crippen LogP contribution in [-0.2, 0) is 11.2 Å². The monoisotopic (exact) mass is 358 g/mol. The Balaban J connectivity index is 1.48. The second-order valence-electron chi connectivity index (χ2n) is 7.45. The van der Waals surface area contributed by atoms with E-state index in [2.05, 4.69) is 79.8 Å². The molecule has 3 aromatic carbocycles. The third-order valence-corrected chi connectivity index (χ3v) is 5.50. The van der Waals surface area contributed by atoms with Gasteiger partial charge < -0.3 is 10.2 Å². The number of hydrogen-bond donors (Lipinski definition) is 1. The second-order valence-corrected chi connectivity index (χ2v) is 7.45. The SMILES string of the molecule is Cc1ccc2c(c1)CCCN2C(=O)CN[C@@H](C)c1cccc2ccccc12. The van der Waals surface area contributed by atoms with Gasteiger partial charge in [-0.15, -0.1) is 0 Å². The van der Waals surface area contributed by atoms with Crippen LogP contribution in [0.1, 0.15) is 36.1 Å². The zero-order valence-electron chi connectivity index (χ0n) is 16.0. The van der Waals surface area contributed by atoms with Crippen LogP contribution in [0, 0.1) is 6.92 Å². The molecule has 1 amide bonds. The van der Waals surface area contributed by atoms with Crippen molar-refractivity contribution in [2.45, 2.75) is 32.7 Å². The standard InChI is InChI=1S/C24H26N2O/c1-17-12-13-23-20(15-17)9-6-14-26(23)24(27)16-25-18(2)21-11-5-8-19-7-3-4-10-22(19)21/h3-5,7-8,10-13,15,18,25H,6,9,14,16H2,1-2H3/t18-/m0/s1. The fraction of sp³-hybridized carbons (Fsp3) is 0.292. The summed E-state index contributed by atoms with van der Waals surface area (Å²) in [5, 5.41) is 5.91. The number of carbonyl (C=O) groups excluding carboxylic acids is 1. The molecule has 0 saturated carbocycles. The molecule has 0 fully saturated rings. The normalized spacial score (nSPS) is 14.8. The first-order valence-electron chi connectivity index (χ1n) is 9.74. The summed E-state index contributed by atoms with van der Waals surface area (Å²) in [4.78, 5) is 14.9. The lowest BCUT2D eigenvalue weighted by Crippen LogP contribution is -2.41. The number of amides is 1. The van der Waals surface area contributed by atoms with Gasteiger partial charge in [-0.2, -0.15) is 0 Å². The average Bonchev–Trinajstić information content (AvgIpc) is 2.70. The molecule has 0 radical (unpaired) electrons. The molecule has 1 atom stereocenters. The summed E-state index contributed by atoms with van der Waals surface area (Å²) in [7, 11) is 0. The Kier molecular flexibility index (Phi) is 4.95. The van der Waals surface area contributed by atoms with Gasteiger partial charge in [-0.1, -0.05) is 60.2 Å². The van der Waals surface area contributed by atoms with E-state index in [1.54, 1.807) is 0 Å². The number of aryl methyl sites for hydroxylation is 2. The van der Waals surface area contributed by atoms with E-state index in [1.807, 2.05) is 4.90 Å². The predicted molar refractivity (Wildman–Crippen MR) is 112 cm³/mol. The largest absolute Gasteiger partial charge is 0.311 e. The van der Waals surface area contributed by atoms with E-state index in [4.69, 9.17) is 0 Å². The number of nitrogens with zero attached hydrogens (tertiary/aromatic N) is 1. The minimum absolute atomic E-state index is 0.113. The van der Waals surface area contributed by atoms with Crippen molar-refractivity contribution in [3.05, 3.63) is 77.4 Å². The third-order valence-electron chi connectivity index (χ3n) is 5.50. The topological polar surface area (TPSA) is 32.3 Å². The van der Waals surface area contributed by atoms with Crippen LogP contribution in [0.2, 0.25) is 0 Å². The van der Waals surface area contributed by atoms with Gasteiger partial charge in [0.05, 0.1) is 6.54 Å². The van der Waals surface area contributed by atoms with Crippen molar-refractivity contribution < 1.29 is 4.79 Å². The zero-order chi connectivity index (χ0) is 18.8. The van der Waals surface area contributed by atoms with Gasteiger partial charge >= 0.3 is 0 Å². The quantitative estimate of drug-likeness (QED) is 0.728. The molecular weight excluding hydrogens is 332 g/mol. The number of fused-ring (bicyclic) bond motifs is 2. The predicted octanol–water partition coefficient (Wildman–Crippen LogP) is 4.78. The van der Waals surface area contributed by atoms with Crippen molar-refractivity contribution in [1.29, 1.82) is 0 Å². The van der Waals surface area contributed by atoms with E-state index in [-0.39, 0.29) is 11.9 Å². The smallest absolute Gasteiger partial charge is 0.240 e. The van der Waals surface area contributed by atoms with Gasteiger partial charge in [-0.3, -0.25) is 4.79 Å². The highest BCUT2D eigenvalue weighted by Crippen LogP contribution is 2.28. The molecule has 3 nitrogen and oxygen atoms in total. The first-order valence-corrected chi connectivity index (χ1v) is 9.74. The molecule has 138 valence electrons. The summed E-state index contributed by atoms with van der Waals surface area (Å²) in [6, 6.07) is 21.3. The molecular formula is C24H26N2O. The Morgan fingerprint density at radius 1 is 1.11 bits per heavy atom. The number of rotatable bonds is 4. The van der Waals surface area contributed by atoms with E-state index < -0.39 is 0 Å². The molecule has 0 saturated heterocycles.